The monoisotopic (exact) mass is 295 g/mol. The molecule has 114 valence electrons. The average Bonchev–Trinajstić information content (AvgIpc) is 3.38. The Labute approximate surface area is 131 Å². The predicted octanol–water partition coefficient (Wildman–Crippen LogP) is 2.95. The fraction of sp³-hybridized carbons (Fsp3) is 0.333. The minimum absolute atomic E-state index is 0.107. The number of carbonyl (C=O) groups excluding carboxylic acids is 1. The van der Waals surface area contributed by atoms with E-state index in [-0.39, 0.29) is 5.91 Å². The van der Waals surface area contributed by atoms with E-state index in [0.717, 1.165) is 29.7 Å². The van der Waals surface area contributed by atoms with Crippen molar-refractivity contribution in [3.05, 3.63) is 59.9 Å². The number of nitrogens with zero attached hydrogens (tertiary/aromatic N) is 3. The van der Waals surface area contributed by atoms with Gasteiger partial charge in [-0.25, -0.2) is 0 Å². The molecule has 0 saturated heterocycles. The van der Waals surface area contributed by atoms with E-state index in [1.54, 1.807) is 6.20 Å². The van der Waals surface area contributed by atoms with Crippen LogP contribution in [0.1, 0.15) is 28.8 Å². The molecule has 4 heteroatoms. The topological polar surface area (TPSA) is 36.4 Å². The molecule has 3 rings (SSSR count). The summed E-state index contributed by atoms with van der Waals surface area (Å²) in [6.45, 7) is 0.629. The summed E-state index contributed by atoms with van der Waals surface area (Å²) in [6.07, 6.45) is 5.78. The highest BCUT2D eigenvalue weighted by Crippen LogP contribution is 2.30. The number of amides is 1. The summed E-state index contributed by atoms with van der Waals surface area (Å²) in [6, 6.07) is 12.1. The Morgan fingerprint density at radius 2 is 2.05 bits per heavy atom. The molecule has 1 amide bonds. The number of rotatable bonds is 5. The number of pyridine rings is 1. The SMILES string of the molecule is CN(C)c1cccc(C(=O)N(Cc2cccnc2)C2CC2)c1. The Morgan fingerprint density at radius 1 is 1.23 bits per heavy atom. The number of anilines is 1. The van der Waals surface area contributed by atoms with Gasteiger partial charge in [0.15, 0.2) is 0 Å². The van der Waals surface area contributed by atoms with Crippen LogP contribution in [0.15, 0.2) is 48.8 Å². The summed E-state index contributed by atoms with van der Waals surface area (Å²) in [5, 5.41) is 0. The van der Waals surface area contributed by atoms with E-state index in [9.17, 15) is 4.79 Å². The lowest BCUT2D eigenvalue weighted by molar-refractivity contribution is 0.0730. The van der Waals surface area contributed by atoms with Crippen LogP contribution in [-0.2, 0) is 6.54 Å². The zero-order valence-electron chi connectivity index (χ0n) is 13.1. The molecule has 0 spiro atoms. The Bertz CT molecular complexity index is 650. The zero-order valence-corrected chi connectivity index (χ0v) is 13.1. The van der Waals surface area contributed by atoms with Gasteiger partial charge in [0.1, 0.15) is 0 Å². The van der Waals surface area contributed by atoms with E-state index in [2.05, 4.69) is 4.98 Å². The third kappa shape index (κ3) is 3.27. The molecule has 2 aromatic rings. The van der Waals surface area contributed by atoms with Gasteiger partial charge < -0.3 is 9.80 Å². The highest BCUT2D eigenvalue weighted by molar-refractivity contribution is 5.95. The van der Waals surface area contributed by atoms with Gasteiger partial charge in [0, 0.05) is 50.3 Å². The average molecular weight is 295 g/mol. The maximum Gasteiger partial charge on any atom is 0.254 e. The van der Waals surface area contributed by atoms with Crippen molar-refractivity contribution >= 4 is 11.6 Å². The fourth-order valence-electron chi connectivity index (χ4n) is 2.52. The first kappa shape index (κ1) is 14.6. The molecule has 1 aliphatic rings. The Hall–Kier alpha value is -2.36. The lowest BCUT2D eigenvalue weighted by Crippen LogP contribution is -2.32. The molecule has 1 saturated carbocycles. The van der Waals surface area contributed by atoms with Gasteiger partial charge in [-0.1, -0.05) is 12.1 Å². The van der Waals surface area contributed by atoms with E-state index in [0.29, 0.717) is 12.6 Å². The lowest BCUT2D eigenvalue weighted by Gasteiger charge is -2.23. The minimum atomic E-state index is 0.107. The minimum Gasteiger partial charge on any atom is -0.378 e. The highest BCUT2D eigenvalue weighted by Gasteiger charge is 2.33. The second-order valence-electron chi connectivity index (χ2n) is 5.97. The van der Waals surface area contributed by atoms with Gasteiger partial charge in [0.2, 0.25) is 0 Å². The van der Waals surface area contributed by atoms with Gasteiger partial charge in [0.25, 0.3) is 5.91 Å². The van der Waals surface area contributed by atoms with Crippen molar-refractivity contribution in [3.8, 4) is 0 Å². The predicted molar refractivity (Wildman–Crippen MR) is 87.9 cm³/mol. The second kappa shape index (κ2) is 6.18. The second-order valence-corrected chi connectivity index (χ2v) is 5.97. The lowest BCUT2D eigenvalue weighted by atomic mass is 10.1. The number of hydrogen-bond acceptors (Lipinski definition) is 3. The van der Waals surface area contributed by atoms with Crippen molar-refractivity contribution < 1.29 is 4.79 Å². The van der Waals surface area contributed by atoms with Crippen molar-refractivity contribution in [2.45, 2.75) is 25.4 Å². The maximum atomic E-state index is 12.9. The van der Waals surface area contributed by atoms with Crippen LogP contribution in [-0.4, -0.2) is 35.9 Å². The van der Waals surface area contributed by atoms with Crippen LogP contribution in [0, 0.1) is 0 Å². The summed E-state index contributed by atoms with van der Waals surface area (Å²) >= 11 is 0. The van der Waals surface area contributed by atoms with Crippen LogP contribution in [0.2, 0.25) is 0 Å². The first-order chi connectivity index (χ1) is 10.6. The van der Waals surface area contributed by atoms with Crippen molar-refractivity contribution in [1.82, 2.24) is 9.88 Å². The Balaban J connectivity index is 1.82. The van der Waals surface area contributed by atoms with E-state index in [1.807, 2.05) is 66.5 Å². The van der Waals surface area contributed by atoms with E-state index < -0.39 is 0 Å². The quantitative estimate of drug-likeness (QED) is 0.851. The standard InChI is InChI=1S/C18H21N3O/c1-20(2)17-7-3-6-15(11-17)18(22)21(16-8-9-16)13-14-5-4-10-19-12-14/h3-7,10-12,16H,8-9,13H2,1-2H3. The van der Waals surface area contributed by atoms with Crippen LogP contribution >= 0.6 is 0 Å². The molecular weight excluding hydrogens is 274 g/mol. The van der Waals surface area contributed by atoms with Gasteiger partial charge in [-0.05, 0) is 42.7 Å². The zero-order chi connectivity index (χ0) is 15.5. The smallest absolute Gasteiger partial charge is 0.254 e. The van der Waals surface area contributed by atoms with Crippen molar-refractivity contribution in [3.63, 3.8) is 0 Å². The number of benzene rings is 1. The molecule has 0 aliphatic heterocycles. The van der Waals surface area contributed by atoms with Crippen LogP contribution in [0.4, 0.5) is 5.69 Å². The third-order valence-corrected chi connectivity index (χ3v) is 3.93. The fourth-order valence-corrected chi connectivity index (χ4v) is 2.52. The highest BCUT2D eigenvalue weighted by atomic mass is 16.2. The van der Waals surface area contributed by atoms with Gasteiger partial charge >= 0.3 is 0 Å². The summed E-state index contributed by atoms with van der Waals surface area (Å²) in [5.74, 6) is 0.107. The molecular formula is C18H21N3O. The molecule has 0 atom stereocenters. The Morgan fingerprint density at radius 3 is 2.68 bits per heavy atom. The molecule has 1 heterocycles. The first-order valence-electron chi connectivity index (χ1n) is 7.62. The molecule has 0 radical (unpaired) electrons. The largest absolute Gasteiger partial charge is 0.378 e. The van der Waals surface area contributed by atoms with Gasteiger partial charge in [-0.15, -0.1) is 0 Å². The molecule has 1 aromatic carbocycles. The maximum absolute atomic E-state index is 12.9. The summed E-state index contributed by atoms with van der Waals surface area (Å²) < 4.78 is 0. The van der Waals surface area contributed by atoms with Crippen LogP contribution in [0.3, 0.4) is 0 Å². The summed E-state index contributed by atoms with van der Waals surface area (Å²) in [5.41, 5.74) is 2.87. The van der Waals surface area contributed by atoms with Crippen LogP contribution in [0.25, 0.3) is 0 Å². The van der Waals surface area contributed by atoms with Crippen LogP contribution in [0.5, 0.6) is 0 Å². The molecule has 22 heavy (non-hydrogen) atoms. The van der Waals surface area contributed by atoms with Crippen molar-refractivity contribution in [2.75, 3.05) is 19.0 Å². The molecule has 1 aromatic heterocycles. The molecule has 1 fully saturated rings. The normalized spacial score (nSPS) is 13.7. The summed E-state index contributed by atoms with van der Waals surface area (Å²) in [7, 11) is 3.97. The van der Waals surface area contributed by atoms with Gasteiger partial charge in [-0.2, -0.15) is 0 Å². The van der Waals surface area contributed by atoms with E-state index in [1.165, 1.54) is 0 Å². The van der Waals surface area contributed by atoms with E-state index in [4.69, 9.17) is 0 Å². The molecule has 0 unspecified atom stereocenters. The number of aromatic nitrogens is 1. The molecule has 4 nitrogen and oxygen atoms in total. The van der Waals surface area contributed by atoms with Crippen molar-refractivity contribution in [2.24, 2.45) is 0 Å². The Kier molecular flexibility index (Phi) is 4.09. The number of carbonyl (C=O) groups is 1. The third-order valence-electron chi connectivity index (χ3n) is 3.93. The van der Waals surface area contributed by atoms with Gasteiger partial charge in [-0.3, -0.25) is 9.78 Å². The molecule has 0 N–H and O–H groups in total. The van der Waals surface area contributed by atoms with Crippen LogP contribution < -0.4 is 4.90 Å². The first-order valence-corrected chi connectivity index (χ1v) is 7.62. The van der Waals surface area contributed by atoms with Gasteiger partial charge in [0.05, 0.1) is 0 Å². The van der Waals surface area contributed by atoms with Crippen molar-refractivity contribution in [1.29, 1.82) is 0 Å². The van der Waals surface area contributed by atoms with E-state index >= 15 is 0 Å². The summed E-state index contributed by atoms with van der Waals surface area (Å²) in [4.78, 5) is 21.0. The number of hydrogen-bond donors (Lipinski definition) is 0. The molecule has 0 bridgehead atoms. The molecule has 1 aliphatic carbocycles.